The van der Waals surface area contributed by atoms with Crippen LogP contribution in [-0.2, 0) is 6.54 Å². The molecule has 19 heavy (non-hydrogen) atoms. The Morgan fingerprint density at radius 1 is 1.21 bits per heavy atom. The number of pyridine rings is 1. The largest absolute Gasteiger partial charge is 0.474 e. The zero-order valence-corrected chi connectivity index (χ0v) is 12.2. The first-order chi connectivity index (χ1) is 9.24. The van der Waals surface area contributed by atoms with Crippen LogP contribution < -0.4 is 10.1 Å². The fraction of sp³-hybridized carbons (Fsp3) is 0.688. The molecule has 1 aromatic heterocycles. The van der Waals surface area contributed by atoms with Gasteiger partial charge in [-0.1, -0.05) is 32.8 Å². The molecule has 0 atom stereocenters. The van der Waals surface area contributed by atoms with E-state index in [4.69, 9.17) is 4.74 Å². The Morgan fingerprint density at radius 2 is 1.95 bits per heavy atom. The summed E-state index contributed by atoms with van der Waals surface area (Å²) in [6.07, 6.45) is 8.01. The van der Waals surface area contributed by atoms with Gasteiger partial charge in [-0.15, -0.1) is 0 Å². The van der Waals surface area contributed by atoms with Gasteiger partial charge >= 0.3 is 0 Å². The Kier molecular flexibility index (Phi) is 5.64. The van der Waals surface area contributed by atoms with E-state index < -0.39 is 0 Å². The van der Waals surface area contributed by atoms with Gasteiger partial charge in [0.15, 0.2) is 0 Å². The number of nitrogens with zero attached hydrogens (tertiary/aromatic N) is 1. The molecule has 0 aromatic carbocycles. The van der Waals surface area contributed by atoms with Gasteiger partial charge in [-0.05, 0) is 31.7 Å². The lowest BCUT2D eigenvalue weighted by molar-refractivity contribution is 0.175. The summed E-state index contributed by atoms with van der Waals surface area (Å²) in [4.78, 5) is 4.58. The van der Waals surface area contributed by atoms with Gasteiger partial charge in [0, 0.05) is 18.7 Å². The van der Waals surface area contributed by atoms with Crippen molar-refractivity contribution in [2.24, 2.45) is 0 Å². The standard InChI is InChI=1S/C16H26N2O/c1-13(2)17-12-14-8-7-11-16(18-14)19-15-9-5-3-4-6-10-15/h7-8,11,13,15,17H,3-6,9-10,12H2,1-2H3. The highest BCUT2D eigenvalue weighted by atomic mass is 16.5. The highest BCUT2D eigenvalue weighted by Gasteiger charge is 2.14. The van der Waals surface area contributed by atoms with E-state index in [1.165, 1.54) is 38.5 Å². The summed E-state index contributed by atoms with van der Waals surface area (Å²) in [5.74, 6) is 0.787. The second-order valence-electron chi connectivity index (χ2n) is 5.73. The van der Waals surface area contributed by atoms with Crippen LogP contribution >= 0.6 is 0 Å². The third kappa shape index (κ3) is 5.19. The maximum Gasteiger partial charge on any atom is 0.213 e. The number of nitrogens with one attached hydrogen (secondary N) is 1. The molecule has 0 radical (unpaired) electrons. The summed E-state index contributed by atoms with van der Waals surface area (Å²) in [7, 11) is 0. The predicted octanol–water partition coefficient (Wildman–Crippen LogP) is 3.68. The van der Waals surface area contributed by atoms with Crippen molar-refractivity contribution in [3.63, 3.8) is 0 Å². The first kappa shape index (κ1) is 14.3. The fourth-order valence-corrected chi connectivity index (χ4v) is 2.46. The van der Waals surface area contributed by atoms with Crippen LogP contribution in [0.15, 0.2) is 18.2 Å². The molecule has 0 saturated heterocycles. The van der Waals surface area contributed by atoms with E-state index in [0.717, 1.165) is 18.1 Å². The van der Waals surface area contributed by atoms with Crippen molar-refractivity contribution in [2.45, 2.75) is 71.1 Å². The molecule has 0 amide bonds. The zero-order valence-electron chi connectivity index (χ0n) is 12.2. The molecule has 0 aliphatic heterocycles. The van der Waals surface area contributed by atoms with Crippen LogP contribution in [0, 0.1) is 0 Å². The molecule has 0 bridgehead atoms. The van der Waals surface area contributed by atoms with Crippen molar-refractivity contribution in [3.05, 3.63) is 23.9 Å². The number of hydrogen-bond acceptors (Lipinski definition) is 3. The van der Waals surface area contributed by atoms with Crippen molar-refractivity contribution in [1.82, 2.24) is 10.3 Å². The van der Waals surface area contributed by atoms with Crippen LogP contribution in [0.25, 0.3) is 0 Å². The number of hydrogen-bond donors (Lipinski definition) is 1. The summed E-state index contributed by atoms with van der Waals surface area (Å²) in [6, 6.07) is 6.54. The molecule has 1 heterocycles. The maximum absolute atomic E-state index is 6.04. The first-order valence-corrected chi connectivity index (χ1v) is 7.60. The molecule has 1 N–H and O–H groups in total. The molecule has 3 nitrogen and oxygen atoms in total. The Hall–Kier alpha value is -1.09. The lowest BCUT2D eigenvalue weighted by Gasteiger charge is -2.16. The van der Waals surface area contributed by atoms with Gasteiger partial charge < -0.3 is 10.1 Å². The van der Waals surface area contributed by atoms with Gasteiger partial charge in [-0.25, -0.2) is 4.98 Å². The first-order valence-electron chi connectivity index (χ1n) is 7.60. The minimum Gasteiger partial charge on any atom is -0.474 e. The smallest absolute Gasteiger partial charge is 0.213 e. The molecule has 1 aliphatic carbocycles. The third-order valence-electron chi connectivity index (χ3n) is 3.56. The number of aromatic nitrogens is 1. The van der Waals surface area contributed by atoms with Crippen LogP contribution in [0.3, 0.4) is 0 Å². The Labute approximate surface area is 116 Å². The summed E-state index contributed by atoms with van der Waals surface area (Å²) >= 11 is 0. The van der Waals surface area contributed by atoms with E-state index in [0.29, 0.717) is 12.1 Å². The molecule has 1 aromatic rings. The monoisotopic (exact) mass is 262 g/mol. The molecular weight excluding hydrogens is 236 g/mol. The summed E-state index contributed by atoms with van der Waals surface area (Å²) in [5, 5.41) is 3.38. The van der Waals surface area contributed by atoms with Crippen LogP contribution in [-0.4, -0.2) is 17.1 Å². The van der Waals surface area contributed by atoms with E-state index in [2.05, 4.69) is 30.2 Å². The van der Waals surface area contributed by atoms with E-state index in [1.54, 1.807) is 0 Å². The SMILES string of the molecule is CC(C)NCc1cccc(OC2CCCCCC2)n1. The van der Waals surface area contributed by atoms with Crippen LogP contribution in [0.5, 0.6) is 5.88 Å². The summed E-state index contributed by atoms with van der Waals surface area (Å²) < 4.78 is 6.04. The predicted molar refractivity (Wildman–Crippen MR) is 78.3 cm³/mol. The molecule has 1 fully saturated rings. The lowest BCUT2D eigenvalue weighted by Crippen LogP contribution is -2.22. The van der Waals surface area contributed by atoms with Gasteiger partial charge in [0.25, 0.3) is 0 Å². The highest BCUT2D eigenvalue weighted by molar-refractivity contribution is 5.16. The average Bonchev–Trinajstić information content (AvgIpc) is 2.65. The van der Waals surface area contributed by atoms with Gasteiger partial charge in [0.1, 0.15) is 6.10 Å². The minimum atomic E-state index is 0.364. The van der Waals surface area contributed by atoms with E-state index in [-0.39, 0.29) is 0 Å². The van der Waals surface area contributed by atoms with Gasteiger partial charge in [-0.2, -0.15) is 0 Å². The lowest BCUT2D eigenvalue weighted by atomic mass is 10.1. The van der Waals surface area contributed by atoms with Gasteiger partial charge in [0.2, 0.25) is 5.88 Å². The Morgan fingerprint density at radius 3 is 2.63 bits per heavy atom. The molecule has 1 saturated carbocycles. The van der Waals surface area contributed by atoms with Crippen molar-refractivity contribution in [3.8, 4) is 5.88 Å². The van der Waals surface area contributed by atoms with Crippen molar-refractivity contribution >= 4 is 0 Å². The molecule has 0 spiro atoms. The second-order valence-corrected chi connectivity index (χ2v) is 5.73. The van der Waals surface area contributed by atoms with Crippen molar-refractivity contribution < 1.29 is 4.74 Å². The third-order valence-corrected chi connectivity index (χ3v) is 3.56. The Bertz CT molecular complexity index is 371. The molecule has 1 aliphatic rings. The quantitative estimate of drug-likeness (QED) is 0.822. The summed E-state index contributed by atoms with van der Waals surface area (Å²) in [6.45, 7) is 5.09. The molecule has 0 unspecified atom stereocenters. The minimum absolute atomic E-state index is 0.364. The molecular formula is C16H26N2O. The number of ether oxygens (including phenoxy) is 1. The average molecular weight is 262 g/mol. The van der Waals surface area contributed by atoms with Crippen molar-refractivity contribution in [2.75, 3.05) is 0 Å². The fourth-order valence-electron chi connectivity index (χ4n) is 2.46. The van der Waals surface area contributed by atoms with Crippen molar-refractivity contribution in [1.29, 1.82) is 0 Å². The normalized spacial score (nSPS) is 17.4. The second kappa shape index (κ2) is 7.49. The van der Waals surface area contributed by atoms with Crippen LogP contribution in [0.4, 0.5) is 0 Å². The van der Waals surface area contributed by atoms with E-state index >= 15 is 0 Å². The Balaban J connectivity index is 1.90. The highest BCUT2D eigenvalue weighted by Crippen LogP contribution is 2.21. The van der Waals surface area contributed by atoms with E-state index in [9.17, 15) is 0 Å². The molecule has 3 heteroatoms. The van der Waals surface area contributed by atoms with Crippen LogP contribution in [0.1, 0.15) is 58.1 Å². The number of rotatable bonds is 5. The zero-order chi connectivity index (χ0) is 13.5. The maximum atomic E-state index is 6.04. The van der Waals surface area contributed by atoms with E-state index in [1.807, 2.05) is 12.1 Å². The topological polar surface area (TPSA) is 34.1 Å². The van der Waals surface area contributed by atoms with Gasteiger partial charge in [-0.3, -0.25) is 0 Å². The molecule has 106 valence electrons. The van der Waals surface area contributed by atoms with Gasteiger partial charge in [0.05, 0.1) is 5.69 Å². The summed E-state index contributed by atoms with van der Waals surface area (Å²) in [5.41, 5.74) is 1.06. The van der Waals surface area contributed by atoms with Crippen LogP contribution in [0.2, 0.25) is 0 Å². The molecule has 2 rings (SSSR count).